The number of halogens is 3. The number of carbonyl (C=O) groups is 1. The number of anilines is 1. The van der Waals surface area contributed by atoms with Crippen molar-refractivity contribution in [3.05, 3.63) is 47.3 Å². The van der Waals surface area contributed by atoms with Crippen molar-refractivity contribution in [3.63, 3.8) is 0 Å². The van der Waals surface area contributed by atoms with Crippen LogP contribution in [0.15, 0.2) is 30.6 Å². The number of H-pyrrole nitrogens is 1. The first kappa shape index (κ1) is 23.7. The van der Waals surface area contributed by atoms with Gasteiger partial charge in [0.1, 0.15) is 0 Å². The van der Waals surface area contributed by atoms with Gasteiger partial charge in [-0.3, -0.25) is 9.89 Å². The third kappa shape index (κ3) is 4.87. The number of hydrogen-bond donors (Lipinski definition) is 1. The van der Waals surface area contributed by atoms with E-state index < -0.39 is 11.7 Å². The van der Waals surface area contributed by atoms with Gasteiger partial charge in [0, 0.05) is 50.6 Å². The van der Waals surface area contributed by atoms with Crippen LogP contribution in [0.1, 0.15) is 47.2 Å². The number of piperidine rings is 1. The number of hydrogen-bond acceptors (Lipinski definition) is 5. The molecule has 1 unspecified atom stereocenters. The molecule has 7 nitrogen and oxygen atoms in total. The summed E-state index contributed by atoms with van der Waals surface area (Å²) in [6, 6.07) is 5.56. The maximum atomic E-state index is 13.5. The molecular weight excluding hydrogens is 459 g/mol. The number of rotatable bonds is 6. The molecule has 0 radical (unpaired) electrons. The van der Waals surface area contributed by atoms with E-state index in [2.05, 4.69) is 10.2 Å². The van der Waals surface area contributed by atoms with Crippen molar-refractivity contribution in [1.29, 1.82) is 5.26 Å². The van der Waals surface area contributed by atoms with Gasteiger partial charge in [-0.2, -0.15) is 23.5 Å². The molecule has 1 aromatic heterocycles. The highest BCUT2D eigenvalue weighted by molar-refractivity contribution is 5.94. The highest BCUT2D eigenvalue weighted by Crippen LogP contribution is 2.46. The molecule has 10 heteroatoms. The van der Waals surface area contributed by atoms with E-state index >= 15 is 0 Å². The van der Waals surface area contributed by atoms with Gasteiger partial charge in [-0.1, -0.05) is 0 Å². The van der Waals surface area contributed by atoms with Crippen molar-refractivity contribution in [3.8, 4) is 6.07 Å². The summed E-state index contributed by atoms with van der Waals surface area (Å²) in [6.07, 6.45) is 2.46. The smallest absolute Gasteiger partial charge is 0.381 e. The van der Waals surface area contributed by atoms with Crippen LogP contribution < -0.4 is 4.90 Å². The van der Waals surface area contributed by atoms with Crippen LogP contribution in [0.5, 0.6) is 0 Å². The van der Waals surface area contributed by atoms with E-state index in [1.54, 1.807) is 18.3 Å². The average Bonchev–Trinajstić information content (AvgIpc) is 3.37. The third-order valence-corrected chi connectivity index (χ3v) is 7.77. The number of nitrogens with one attached hydrogen (secondary N) is 1. The van der Waals surface area contributed by atoms with E-state index in [9.17, 15) is 18.0 Å². The van der Waals surface area contributed by atoms with Crippen molar-refractivity contribution in [2.24, 2.45) is 17.3 Å². The summed E-state index contributed by atoms with van der Waals surface area (Å²) in [6.45, 7) is 3.69. The predicted molar refractivity (Wildman–Crippen MR) is 122 cm³/mol. The Balaban J connectivity index is 1.31. The lowest BCUT2D eigenvalue weighted by Gasteiger charge is -2.43. The predicted octanol–water partition coefficient (Wildman–Crippen LogP) is 4.09. The van der Waals surface area contributed by atoms with Crippen LogP contribution in [0.2, 0.25) is 0 Å². The molecule has 2 saturated heterocycles. The number of carbonyl (C=O) groups excluding carboxylic acids is 1. The van der Waals surface area contributed by atoms with Crippen LogP contribution in [-0.4, -0.2) is 60.4 Å². The van der Waals surface area contributed by atoms with E-state index in [0.717, 1.165) is 25.5 Å². The van der Waals surface area contributed by atoms with Gasteiger partial charge in [0.05, 0.1) is 35.6 Å². The van der Waals surface area contributed by atoms with Crippen LogP contribution >= 0.6 is 0 Å². The van der Waals surface area contributed by atoms with Gasteiger partial charge in [0.25, 0.3) is 5.91 Å². The Morgan fingerprint density at radius 1 is 1.26 bits per heavy atom. The van der Waals surface area contributed by atoms with E-state index in [1.807, 2.05) is 9.80 Å². The summed E-state index contributed by atoms with van der Waals surface area (Å²) in [5.74, 6) is 0.759. The molecule has 1 saturated carbocycles. The Kier molecular flexibility index (Phi) is 6.21. The molecule has 1 amide bonds. The molecule has 2 aliphatic heterocycles. The standard InChI is InChI=1S/C25H28F3N5O2/c26-25(27,28)22-9-21(4-3-18(22)10-29)32-7-5-24(6-8-32)16-33(23(34)19-11-30-31-12-19)13-20(24)15-35-14-17-1-2-17/h3-4,9,11-12,17,20H,1-2,5-8,13-16H2,(H,30,31). The molecule has 3 aliphatic rings. The molecule has 0 bridgehead atoms. The Bertz CT molecular complexity index is 1100. The Morgan fingerprint density at radius 3 is 2.66 bits per heavy atom. The SMILES string of the molecule is N#Cc1ccc(N2CCC3(CC2)CN(C(=O)c2cn[nH]c2)CC3COCC2CC2)cc1C(F)(F)F. The molecule has 1 N–H and O–H groups in total. The second-order valence-electron chi connectivity index (χ2n) is 10.0. The second kappa shape index (κ2) is 9.19. The maximum absolute atomic E-state index is 13.5. The Labute approximate surface area is 201 Å². The summed E-state index contributed by atoms with van der Waals surface area (Å²) in [4.78, 5) is 16.9. The molecule has 5 rings (SSSR count). The van der Waals surface area contributed by atoms with Gasteiger partial charge in [0.2, 0.25) is 0 Å². The lowest BCUT2D eigenvalue weighted by Crippen LogP contribution is -2.45. The zero-order valence-corrected chi connectivity index (χ0v) is 19.4. The first-order valence-electron chi connectivity index (χ1n) is 12.0. The first-order valence-corrected chi connectivity index (χ1v) is 12.0. The van der Waals surface area contributed by atoms with Crippen LogP contribution in [0.25, 0.3) is 0 Å². The summed E-state index contributed by atoms with van der Waals surface area (Å²) >= 11 is 0. The summed E-state index contributed by atoms with van der Waals surface area (Å²) in [5, 5.41) is 15.7. The lowest BCUT2D eigenvalue weighted by atomic mass is 9.71. The zero-order chi connectivity index (χ0) is 24.6. The van der Waals surface area contributed by atoms with Crippen LogP contribution in [0.3, 0.4) is 0 Å². The number of likely N-dealkylation sites (tertiary alicyclic amines) is 1. The molecule has 35 heavy (non-hydrogen) atoms. The fourth-order valence-electron chi connectivity index (χ4n) is 5.47. The summed E-state index contributed by atoms with van der Waals surface area (Å²) in [7, 11) is 0. The minimum absolute atomic E-state index is 0.0628. The van der Waals surface area contributed by atoms with Crippen molar-refractivity contribution >= 4 is 11.6 Å². The number of nitrogens with zero attached hydrogens (tertiary/aromatic N) is 4. The fourth-order valence-corrected chi connectivity index (χ4v) is 5.47. The normalized spacial score (nSPS) is 21.9. The van der Waals surface area contributed by atoms with E-state index in [1.165, 1.54) is 25.1 Å². The lowest BCUT2D eigenvalue weighted by molar-refractivity contribution is -0.137. The van der Waals surface area contributed by atoms with E-state index in [4.69, 9.17) is 10.00 Å². The van der Waals surface area contributed by atoms with Gasteiger partial charge in [-0.15, -0.1) is 0 Å². The largest absolute Gasteiger partial charge is 0.417 e. The number of amides is 1. The minimum Gasteiger partial charge on any atom is -0.381 e. The molecule has 1 aromatic carbocycles. The Hall–Kier alpha value is -3.06. The number of alkyl halides is 3. The molecule has 3 heterocycles. The second-order valence-corrected chi connectivity index (χ2v) is 10.0. The number of aromatic nitrogens is 2. The van der Waals surface area contributed by atoms with Gasteiger partial charge < -0.3 is 14.5 Å². The van der Waals surface area contributed by atoms with Crippen molar-refractivity contribution in [2.75, 3.05) is 44.3 Å². The van der Waals surface area contributed by atoms with Gasteiger partial charge in [-0.05, 0) is 55.2 Å². The first-order chi connectivity index (χ1) is 16.8. The van der Waals surface area contributed by atoms with Crippen molar-refractivity contribution < 1.29 is 22.7 Å². The highest BCUT2D eigenvalue weighted by atomic mass is 19.4. The monoisotopic (exact) mass is 487 g/mol. The van der Waals surface area contributed by atoms with Crippen molar-refractivity contribution in [1.82, 2.24) is 15.1 Å². The molecule has 1 aliphatic carbocycles. The zero-order valence-electron chi connectivity index (χ0n) is 19.4. The minimum atomic E-state index is -4.58. The number of nitriles is 1. The molecular formula is C25H28F3N5O2. The quantitative estimate of drug-likeness (QED) is 0.664. The summed E-state index contributed by atoms with van der Waals surface area (Å²) in [5.41, 5.74) is -0.418. The van der Waals surface area contributed by atoms with Crippen molar-refractivity contribution in [2.45, 2.75) is 31.9 Å². The summed E-state index contributed by atoms with van der Waals surface area (Å²) < 4.78 is 46.4. The topological polar surface area (TPSA) is 85.3 Å². The Morgan fingerprint density at radius 2 is 2.03 bits per heavy atom. The van der Waals surface area contributed by atoms with Crippen LogP contribution in [0, 0.1) is 28.6 Å². The number of ether oxygens (including phenoxy) is 1. The molecule has 1 spiro atoms. The van der Waals surface area contributed by atoms with E-state index in [0.29, 0.717) is 50.0 Å². The van der Waals surface area contributed by atoms with Crippen LogP contribution in [-0.2, 0) is 10.9 Å². The molecule has 3 fully saturated rings. The number of aromatic amines is 1. The fraction of sp³-hybridized carbons (Fsp3) is 0.560. The van der Waals surface area contributed by atoms with Gasteiger partial charge in [0.15, 0.2) is 0 Å². The van der Waals surface area contributed by atoms with Crippen LogP contribution in [0.4, 0.5) is 18.9 Å². The third-order valence-electron chi connectivity index (χ3n) is 7.77. The van der Waals surface area contributed by atoms with Gasteiger partial charge in [-0.25, -0.2) is 0 Å². The van der Waals surface area contributed by atoms with Gasteiger partial charge >= 0.3 is 6.18 Å². The van der Waals surface area contributed by atoms with E-state index in [-0.39, 0.29) is 22.8 Å². The maximum Gasteiger partial charge on any atom is 0.417 e. The average molecular weight is 488 g/mol. The highest BCUT2D eigenvalue weighted by Gasteiger charge is 2.49. The number of benzene rings is 1. The molecule has 2 aromatic rings. The molecule has 186 valence electrons. The molecule has 1 atom stereocenters.